The lowest BCUT2D eigenvalue weighted by Gasteiger charge is -2.35. The van der Waals surface area contributed by atoms with Crippen LogP contribution in [0.3, 0.4) is 0 Å². The van der Waals surface area contributed by atoms with E-state index in [4.69, 9.17) is 16.3 Å². The Morgan fingerprint density at radius 2 is 1.55 bits per heavy atom. The second-order valence-electron chi connectivity index (χ2n) is 10.7. The van der Waals surface area contributed by atoms with Crippen LogP contribution in [-0.2, 0) is 19.1 Å². The highest BCUT2D eigenvalue weighted by atomic mass is 35.5. The van der Waals surface area contributed by atoms with Gasteiger partial charge in [0.1, 0.15) is 11.6 Å². The number of carbonyl (C=O) groups is 3. The van der Waals surface area contributed by atoms with E-state index in [9.17, 15) is 19.5 Å². The molecule has 0 aromatic heterocycles. The number of para-hydroxylation sites is 1. The maximum Gasteiger partial charge on any atom is 0.253 e. The molecule has 9 heteroatoms. The molecule has 3 amide bonds. The predicted octanol–water partition coefficient (Wildman–Crippen LogP) is 3.59. The number of likely N-dealkylation sites (tertiary alicyclic amines) is 1. The van der Waals surface area contributed by atoms with E-state index in [0.717, 1.165) is 5.69 Å². The van der Waals surface area contributed by atoms with Crippen LogP contribution in [0.1, 0.15) is 19.3 Å². The van der Waals surface area contributed by atoms with Gasteiger partial charge in [-0.2, -0.15) is 0 Å². The number of unbranched alkanes of at least 4 members (excludes halogenated alkanes) is 2. The molecule has 2 saturated heterocycles. The Morgan fingerprint density at radius 1 is 0.850 bits per heavy atom. The van der Waals surface area contributed by atoms with Gasteiger partial charge < -0.3 is 24.5 Å². The second-order valence-corrected chi connectivity index (χ2v) is 11.1. The van der Waals surface area contributed by atoms with Gasteiger partial charge in [-0.05, 0) is 55.7 Å². The monoisotopic (exact) mass is 561 g/mol. The minimum atomic E-state index is -1.28. The fraction of sp³-hybridized carbons (Fsp3) is 0.387. The zero-order chi connectivity index (χ0) is 27.9. The number of rotatable bonds is 7. The number of hydrogen-bond acceptors (Lipinski definition) is 5. The molecule has 2 fully saturated rings. The van der Waals surface area contributed by atoms with Gasteiger partial charge in [0.25, 0.3) is 5.91 Å². The van der Waals surface area contributed by atoms with Crippen LogP contribution in [0.4, 0.5) is 11.4 Å². The van der Waals surface area contributed by atoms with E-state index >= 15 is 0 Å². The van der Waals surface area contributed by atoms with Crippen molar-refractivity contribution in [3.8, 4) is 0 Å². The number of ether oxygens (including phenoxy) is 1. The van der Waals surface area contributed by atoms with Crippen LogP contribution in [0.5, 0.6) is 0 Å². The number of hydrogen-bond donors (Lipinski definition) is 1. The minimum Gasteiger partial charge on any atom is -0.396 e. The second kappa shape index (κ2) is 10.8. The van der Waals surface area contributed by atoms with Gasteiger partial charge in [0.15, 0.2) is 0 Å². The highest BCUT2D eigenvalue weighted by Gasteiger charge is 2.71. The van der Waals surface area contributed by atoms with Crippen LogP contribution in [0.2, 0.25) is 5.02 Å². The summed E-state index contributed by atoms with van der Waals surface area (Å²) in [4.78, 5) is 47.8. The molecule has 2 aromatic carbocycles. The molecule has 0 bridgehead atoms. The van der Waals surface area contributed by atoms with Crippen molar-refractivity contribution in [2.45, 2.75) is 37.0 Å². The molecule has 1 unspecified atom stereocenters. The molecule has 4 aliphatic rings. The molecule has 1 spiro atoms. The van der Waals surface area contributed by atoms with Crippen molar-refractivity contribution in [2.75, 3.05) is 36.0 Å². The first kappa shape index (κ1) is 26.7. The van der Waals surface area contributed by atoms with Crippen molar-refractivity contribution in [3.05, 3.63) is 83.9 Å². The number of aliphatic hydroxyl groups is 1. The summed E-state index contributed by atoms with van der Waals surface area (Å²) in [5, 5.41) is 9.83. The van der Waals surface area contributed by atoms with E-state index in [1.54, 1.807) is 39.0 Å². The topological polar surface area (TPSA) is 90.4 Å². The molecule has 1 N–H and O–H groups in total. The first-order valence-electron chi connectivity index (χ1n) is 13.8. The Hall–Kier alpha value is -3.46. The van der Waals surface area contributed by atoms with Gasteiger partial charge in [-0.3, -0.25) is 14.4 Å². The number of halogens is 1. The largest absolute Gasteiger partial charge is 0.396 e. The molecule has 0 radical (unpaired) electrons. The molecule has 208 valence electrons. The van der Waals surface area contributed by atoms with Crippen molar-refractivity contribution >= 4 is 40.7 Å². The molecule has 6 rings (SSSR count). The summed E-state index contributed by atoms with van der Waals surface area (Å²) in [6, 6.07) is 15.5. The quantitative estimate of drug-likeness (QED) is 0.412. The van der Waals surface area contributed by atoms with Gasteiger partial charge in [0, 0.05) is 42.6 Å². The lowest BCUT2D eigenvalue weighted by Crippen LogP contribution is -2.55. The number of amides is 3. The molecule has 5 atom stereocenters. The SMILES string of the molecule is O=C1C2N(CCCCCO)C(=O)[C@@H]3[C@H]4C(=O)N(c5ccccc5)CC=C[C@H]4O[C@]23C=CCN1c1ccc(Cl)cc1. The number of anilines is 2. The van der Waals surface area contributed by atoms with E-state index in [1.165, 1.54) is 0 Å². The zero-order valence-corrected chi connectivity index (χ0v) is 22.8. The van der Waals surface area contributed by atoms with E-state index in [2.05, 4.69) is 0 Å². The molecular weight excluding hydrogens is 530 g/mol. The Bertz CT molecular complexity index is 1350. The third-order valence-electron chi connectivity index (χ3n) is 8.42. The van der Waals surface area contributed by atoms with Gasteiger partial charge >= 0.3 is 0 Å². The molecule has 40 heavy (non-hydrogen) atoms. The molecule has 4 heterocycles. The average Bonchev–Trinajstić information content (AvgIpc) is 3.27. The van der Waals surface area contributed by atoms with Gasteiger partial charge in [-0.25, -0.2) is 0 Å². The van der Waals surface area contributed by atoms with Gasteiger partial charge in [-0.15, -0.1) is 0 Å². The Balaban J connectivity index is 1.41. The van der Waals surface area contributed by atoms with Gasteiger partial charge in [0.2, 0.25) is 11.8 Å². The summed E-state index contributed by atoms with van der Waals surface area (Å²) >= 11 is 6.11. The number of carbonyl (C=O) groups excluding carboxylic acids is 3. The summed E-state index contributed by atoms with van der Waals surface area (Å²) in [6.07, 6.45) is 8.82. The lowest BCUT2D eigenvalue weighted by atomic mass is 9.77. The smallest absolute Gasteiger partial charge is 0.253 e. The Labute approximate surface area is 238 Å². The first-order valence-corrected chi connectivity index (χ1v) is 14.2. The molecule has 4 aliphatic heterocycles. The summed E-state index contributed by atoms with van der Waals surface area (Å²) in [5.41, 5.74) is 0.148. The van der Waals surface area contributed by atoms with E-state index < -0.39 is 29.6 Å². The van der Waals surface area contributed by atoms with Crippen molar-refractivity contribution in [1.29, 1.82) is 0 Å². The molecule has 8 nitrogen and oxygen atoms in total. The van der Waals surface area contributed by atoms with E-state index in [1.807, 2.05) is 54.6 Å². The number of aliphatic hydroxyl groups excluding tert-OH is 1. The van der Waals surface area contributed by atoms with Crippen LogP contribution in [0.15, 0.2) is 78.9 Å². The zero-order valence-electron chi connectivity index (χ0n) is 22.1. The van der Waals surface area contributed by atoms with Crippen molar-refractivity contribution < 1.29 is 24.2 Å². The summed E-state index contributed by atoms with van der Waals surface area (Å²) < 4.78 is 6.71. The standard InChI is InChI=1S/C31H32ClN3O5/c32-21-12-14-23(15-13-21)34-19-8-16-31-26(29(38)35(27(31)30(34)39)17-5-2-6-20-36)25-24(40-31)11-7-18-33(28(25)37)22-9-3-1-4-10-22/h1,3-4,7-16,24-27,36H,2,5-6,17-20H2/t24-,25+,26+,27?,31+/m1/s1. The molecular formula is C31H32ClN3O5. The van der Waals surface area contributed by atoms with Crippen molar-refractivity contribution in [2.24, 2.45) is 11.8 Å². The number of nitrogens with zero attached hydrogens (tertiary/aromatic N) is 3. The van der Waals surface area contributed by atoms with E-state index in [-0.39, 0.29) is 24.3 Å². The third kappa shape index (κ3) is 4.35. The molecule has 2 aromatic rings. The summed E-state index contributed by atoms with van der Waals surface area (Å²) in [6.45, 7) is 1.08. The third-order valence-corrected chi connectivity index (χ3v) is 8.67. The highest BCUT2D eigenvalue weighted by molar-refractivity contribution is 6.30. The average molecular weight is 562 g/mol. The summed E-state index contributed by atoms with van der Waals surface area (Å²) in [7, 11) is 0. The maximum atomic E-state index is 14.4. The van der Waals surface area contributed by atoms with Gasteiger partial charge in [-0.1, -0.05) is 54.1 Å². The minimum absolute atomic E-state index is 0.0684. The van der Waals surface area contributed by atoms with Crippen LogP contribution in [-0.4, -0.2) is 71.7 Å². The number of benzene rings is 2. The normalized spacial score (nSPS) is 29.4. The fourth-order valence-corrected chi connectivity index (χ4v) is 6.77. The molecule has 0 aliphatic carbocycles. The van der Waals surface area contributed by atoms with Gasteiger partial charge in [0.05, 0.1) is 17.9 Å². The Morgan fingerprint density at radius 3 is 2.30 bits per heavy atom. The highest BCUT2D eigenvalue weighted by Crippen LogP contribution is 2.53. The first-order chi connectivity index (χ1) is 19.5. The van der Waals surface area contributed by atoms with Crippen LogP contribution >= 0.6 is 11.6 Å². The van der Waals surface area contributed by atoms with Crippen LogP contribution in [0, 0.1) is 11.8 Å². The fourth-order valence-electron chi connectivity index (χ4n) is 6.64. The Kier molecular flexibility index (Phi) is 7.25. The molecule has 0 saturated carbocycles. The summed E-state index contributed by atoms with van der Waals surface area (Å²) in [5.74, 6) is -2.28. The van der Waals surface area contributed by atoms with Crippen molar-refractivity contribution in [3.63, 3.8) is 0 Å². The maximum absolute atomic E-state index is 14.4. The lowest BCUT2D eigenvalue weighted by molar-refractivity contribution is -0.140. The van der Waals surface area contributed by atoms with Crippen LogP contribution in [0.25, 0.3) is 0 Å². The van der Waals surface area contributed by atoms with Crippen molar-refractivity contribution in [1.82, 2.24) is 4.90 Å². The predicted molar refractivity (Wildman–Crippen MR) is 152 cm³/mol. The van der Waals surface area contributed by atoms with Crippen LogP contribution < -0.4 is 9.80 Å². The van der Waals surface area contributed by atoms with E-state index in [0.29, 0.717) is 49.6 Å². The number of fused-ring (bicyclic) bond motifs is 2.